The highest BCUT2D eigenvalue weighted by molar-refractivity contribution is 6.32. The lowest BCUT2D eigenvalue weighted by Gasteiger charge is -2.64. The number of hydrogen-bond donors (Lipinski definition) is 3. The molecule has 0 radical (unpaired) electrons. The first kappa shape index (κ1) is 22.3. The molecule has 2 fully saturated rings. The van der Waals surface area contributed by atoms with Gasteiger partial charge < -0.3 is 20.1 Å². The number of aromatic hydroxyl groups is 1. The second kappa shape index (κ2) is 7.06. The van der Waals surface area contributed by atoms with Gasteiger partial charge in [-0.05, 0) is 55.1 Å². The zero-order valence-electron chi connectivity index (χ0n) is 18.2. The number of ether oxygens (including phenoxy) is 1. The molecule has 2 unspecified atom stereocenters. The number of phenolic OH excluding ortho intramolecular Hbond substituents is 1. The van der Waals surface area contributed by atoms with E-state index in [1.54, 1.807) is 6.92 Å². The molecule has 7 heteroatoms. The van der Waals surface area contributed by atoms with Crippen molar-refractivity contribution in [2.75, 3.05) is 0 Å². The van der Waals surface area contributed by atoms with Crippen molar-refractivity contribution in [3.05, 3.63) is 39.4 Å². The van der Waals surface area contributed by atoms with Crippen LogP contribution in [0.3, 0.4) is 0 Å². The van der Waals surface area contributed by atoms with E-state index in [4.69, 9.17) is 16.3 Å². The van der Waals surface area contributed by atoms with Gasteiger partial charge in [0, 0.05) is 16.6 Å². The fourth-order valence-electron chi connectivity index (χ4n) is 6.38. The van der Waals surface area contributed by atoms with Crippen molar-refractivity contribution in [2.24, 2.45) is 22.7 Å². The van der Waals surface area contributed by atoms with Crippen LogP contribution in [0.1, 0.15) is 61.5 Å². The van der Waals surface area contributed by atoms with E-state index in [1.807, 2.05) is 13.0 Å². The quantitative estimate of drug-likeness (QED) is 0.479. The number of phenols is 1. The van der Waals surface area contributed by atoms with Gasteiger partial charge in [-0.25, -0.2) is 4.79 Å². The first-order chi connectivity index (χ1) is 14.4. The number of hydrogen-bond acceptors (Lipinski definition) is 6. The summed E-state index contributed by atoms with van der Waals surface area (Å²) in [4.78, 5) is 24.9. The van der Waals surface area contributed by atoms with Crippen molar-refractivity contribution in [3.63, 3.8) is 0 Å². The summed E-state index contributed by atoms with van der Waals surface area (Å²) in [7, 11) is 0. The molecule has 0 heterocycles. The maximum Gasteiger partial charge on any atom is 0.342 e. The maximum atomic E-state index is 13.0. The Hall–Kier alpha value is -1.89. The predicted octanol–water partition coefficient (Wildman–Crippen LogP) is 3.70. The van der Waals surface area contributed by atoms with Gasteiger partial charge in [0.15, 0.2) is 0 Å². The van der Waals surface area contributed by atoms with Gasteiger partial charge in [0.1, 0.15) is 29.3 Å². The fraction of sp³-hybridized carbons (Fsp3) is 0.583. The van der Waals surface area contributed by atoms with E-state index in [0.29, 0.717) is 18.3 Å². The van der Waals surface area contributed by atoms with Gasteiger partial charge in [-0.2, -0.15) is 0 Å². The molecular weight excluding hydrogens is 420 g/mol. The van der Waals surface area contributed by atoms with Crippen LogP contribution in [-0.2, 0) is 16.1 Å². The highest BCUT2D eigenvalue weighted by atomic mass is 35.5. The number of carbonyl (C=O) groups excluding carboxylic acids is 2. The van der Waals surface area contributed by atoms with Gasteiger partial charge in [-0.1, -0.05) is 38.4 Å². The van der Waals surface area contributed by atoms with E-state index in [-0.39, 0.29) is 51.3 Å². The van der Waals surface area contributed by atoms with Crippen molar-refractivity contribution in [1.82, 2.24) is 0 Å². The zero-order chi connectivity index (χ0) is 22.9. The highest BCUT2D eigenvalue weighted by Crippen LogP contribution is 2.68. The van der Waals surface area contributed by atoms with Crippen molar-refractivity contribution in [1.29, 1.82) is 0 Å². The van der Waals surface area contributed by atoms with E-state index < -0.39 is 23.1 Å². The van der Waals surface area contributed by atoms with E-state index in [0.717, 1.165) is 12.8 Å². The largest absolute Gasteiger partial charge is 0.507 e. The van der Waals surface area contributed by atoms with Crippen LogP contribution in [0.25, 0.3) is 0 Å². The monoisotopic (exact) mass is 448 g/mol. The first-order valence-electron chi connectivity index (χ1n) is 10.6. The Morgan fingerprint density at radius 2 is 1.97 bits per heavy atom. The van der Waals surface area contributed by atoms with Gasteiger partial charge in [-0.15, -0.1) is 0 Å². The molecule has 3 N–H and O–H groups in total. The molecule has 0 amide bonds. The summed E-state index contributed by atoms with van der Waals surface area (Å²) in [5.41, 5.74) is -1.27. The van der Waals surface area contributed by atoms with E-state index in [2.05, 4.69) is 13.8 Å². The lowest BCUT2D eigenvalue weighted by Crippen LogP contribution is -2.72. The molecule has 3 aliphatic rings. The van der Waals surface area contributed by atoms with E-state index >= 15 is 0 Å². The Bertz CT molecular complexity index is 998. The minimum absolute atomic E-state index is 0.105. The molecule has 0 saturated heterocycles. The number of aliphatic hydroxyl groups excluding tert-OH is 1. The molecule has 3 aliphatic carbocycles. The van der Waals surface area contributed by atoms with Crippen LogP contribution in [0.4, 0.5) is 0 Å². The van der Waals surface area contributed by atoms with E-state index in [9.17, 15) is 24.9 Å². The summed E-state index contributed by atoms with van der Waals surface area (Å²) in [6.45, 7) is 7.55. The third-order valence-corrected chi connectivity index (χ3v) is 8.51. The number of rotatable bonds is 4. The van der Waals surface area contributed by atoms with Gasteiger partial charge >= 0.3 is 5.97 Å². The number of aliphatic hydroxyl groups is 2. The average molecular weight is 449 g/mol. The summed E-state index contributed by atoms with van der Waals surface area (Å²) in [5.74, 6) is -0.758. The molecule has 0 bridgehead atoms. The Balaban J connectivity index is 1.66. The Morgan fingerprint density at radius 3 is 2.58 bits per heavy atom. The lowest BCUT2D eigenvalue weighted by molar-refractivity contribution is -0.246. The molecule has 1 aromatic carbocycles. The van der Waals surface area contributed by atoms with E-state index in [1.165, 1.54) is 6.07 Å². The molecule has 0 spiro atoms. The van der Waals surface area contributed by atoms with Crippen LogP contribution >= 0.6 is 11.6 Å². The van der Waals surface area contributed by atoms with Crippen molar-refractivity contribution in [3.8, 4) is 5.75 Å². The summed E-state index contributed by atoms with van der Waals surface area (Å²) in [6, 6.07) is 1.23. The predicted molar refractivity (Wildman–Crippen MR) is 115 cm³/mol. The average Bonchev–Trinajstić information content (AvgIpc) is 3.01. The number of halogens is 1. The van der Waals surface area contributed by atoms with Crippen LogP contribution in [0.2, 0.25) is 5.02 Å². The summed E-state index contributed by atoms with van der Waals surface area (Å²) < 4.78 is 5.66. The molecule has 0 aromatic heterocycles. The van der Waals surface area contributed by atoms with Crippen LogP contribution in [0.5, 0.6) is 5.75 Å². The topological polar surface area (TPSA) is 104 Å². The third-order valence-electron chi connectivity index (χ3n) is 7.98. The second-order valence-electron chi connectivity index (χ2n) is 10.4. The van der Waals surface area contributed by atoms with Gasteiger partial charge in [0.25, 0.3) is 0 Å². The zero-order valence-corrected chi connectivity index (χ0v) is 19.0. The third kappa shape index (κ3) is 2.99. The molecule has 1 aromatic rings. The van der Waals surface area contributed by atoms with Gasteiger partial charge in [0.05, 0.1) is 11.6 Å². The summed E-state index contributed by atoms with van der Waals surface area (Å²) >= 11 is 6.21. The van der Waals surface area contributed by atoms with Crippen LogP contribution < -0.4 is 0 Å². The van der Waals surface area contributed by atoms with Crippen molar-refractivity contribution in [2.45, 2.75) is 65.3 Å². The second-order valence-corrected chi connectivity index (χ2v) is 10.8. The number of esters is 1. The van der Waals surface area contributed by atoms with Crippen LogP contribution in [0.15, 0.2) is 17.7 Å². The number of carbonyl (C=O) groups is 2. The van der Waals surface area contributed by atoms with Gasteiger partial charge in [-0.3, -0.25) is 4.79 Å². The van der Waals surface area contributed by atoms with Crippen LogP contribution in [-0.4, -0.2) is 39.3 Å². The minimum Gasteiger partial charge on any atom is -0.507 e. The minimum atomic E-state index is -1.57. The molecule has 2 saturated carbocycles. The molecule has 168 valence electrons. The number of allylic oxidation sites excluding steroid dienone is 1. The fourth-order valence-corrected chi connectivity index (χ4v) is 6.58. The summed E-state index contributed by atoms with van der Waals surface area (Å²) in [5, 5.41) is 31.6. The SMILES string of the molecule is Cc1c(Cl)c(CO)cc(O)c1C(=O)O[C@@H]1C[C@]2(C)C3CC(C)(C)CC3C=C(C=O)[C@]12O. The Labute approximate surface area is 186 Å². The standard InChI is InChI=1S/C24H29ClO6/c1-12-19(17(28)6-14(10-26)20(12)25)21(29)31-18-9-23(4)16-8-22(2,3)7-13(16)5-15(11-27)24(18,23)30/h5-6,11,13,16,18,26,28,30H,7-10H2,1-4H3/t13?,16?,18-,23-,24+/m1/s1. The first-order valence-corrected chi connectivity index (χ1v) is 11.0. The Morgan fingerprint density at radius 1 is 1.29 bits per heavy atom. The smallest absolute Gasteiger partial charge is 0.342 e. The normalized spacial score (nSPS) is 35.5. The molecular formula is C24H29ClO6. The Kier molecular flexibility index (Phi) is 5.08. The molecule has 6 nitrogen and oxygen atoms in total. The van der Waals surface area contributed by atoms with Gasteiger partial charge in [0.2, 0.25) is 0 Å². The molecule has 4 rings (SSSR count). The molecule has 31 heavy (non-hydrogen) atoms. The number of fused-ring (bicyclic) bond motifs is 3. The van der Waals surface area contributed by atoms with Crippen molar-refractivity contribution >= 4 is 23.9 Å². The lowest BCUT2D eigenvalue weighted by atomic mass is 9.44. The van der Waals surface area contributed by atoms with Crippen LogP contribution in [0, 0.1) is 29.6 Å². The molecule has 0 aliphatic heterocycles. The highest BCUT2D eigenvalue weighted by Gasteiger charge is 2.72. The van der Waals surface area contributed by atoms with Crippen molar-refractivity contribution < 1.29 is 29.6 Å². The number of aldehydes is 1. The summed E-state index contributed by atoms with van der Waals surface area (Å²) in [6.07, 6.45) is 3.95. The number of benzene rings is 1. The maximum absolute atomic E-state index is 13.0. The molecule has 5 atom stereocenters.